The van der Waals surface area contributed by atoms with Crippen LogP contribution in [-0.4, -0.2) is 11.5 Å². The average Bonchev–Trinajstić information content (AvgIpc) is 2.45. The van der Waals surface area contributed by atoms with Crippen LogP contribution >= 0.6 is 0 Å². The van der Waals surface area contributed by atoms with Crippen LogP contribution in [0.4, 0.5) is 5.69 Å². The number of hydrogen-bond acceptors (Lipinski definition) is 3. The van der Waals surface area contributed by atoms with E-state index in [9.17, 15) is 10.1 Å². The zero-order valence-electron chi connectivity index (χ0n) is 11.0. The molecule has 100 valence electrons. The van der Waals surface area contributed by atoms with Crippen LogP contribution in [0, 0.1) is 10.1 Å². The second-order valence-electron chi connectivity index (χ2n) is 4.45. The maximum atomic E-state index is 10.8. The Labute approximate surface area is 112 Å². The lowest BCUT2D eigenvalue weighted by Crippen LogP contribution is -2.02. The molecule has 0 unspecified atom stereocenters. The van der Waals surface area contributed by atoms with Gasteiger partial charge >= 0.3 is 0 Å². The van der Waals surface area contributed by atoms with Crippen LogP contribution in [0.15, 0.2) is 42.0 Å². The third kappa shape index (κ3) is 3.44. The molecule has 0 saturated carbocycles. The van der Waals surface area contributed by atoms with Crippen molar-refractivity contribution in [2.45, 2.75) is 26.2 Å². The van der Waals surface area contributed by atoms with E-state index in [2.05, 4.69) is 18.2 Å². The number of nitro benzene ring substituents is 1. The van der Waals surface area contributed by atoms with E-state index in [0.29, 0.717) is 24.3 Å². The number of nitrogens with zero attached hydrogens (tertiary/aromatic N) is 1. The van der Waals surface area contributed by atoms with E-state index in [4.69, 9.17) is 4.74 Å². The topological polar surface area (TPSA) is 52.4 Å². The summed E-state index contributed by atoms with van der Waals surface area (Å²) < 4.78 is 5.68. The van der Waals surface area contributed by atoms with Crippen molar-refractivity contribution in [1.82, 2.24) is 0 Å². The van der Waals surface area contributed by atoms with Gasteiger partial charge in [-0.1, -0.05) is 25.2 Å². The lowest BCUT2D eigenvalue weighted by molar-refractivity contribution is -0.385. The normalized spacial score (nSPS) is 14.1. The summed E-state index contributed by atoms with van der Waals surface area (Å²) >= 11 is 0. The van der Waals surface area contributed by atoms with Gasteiger partial charge in [0.25, 0.3) is 5.69 Å². The maximum Gasteiger partial charge on any atom is 0.272 e. The van der Waals surface area contributed by atoms with E-state index in [0.717, 1.165) is 18.4 Å². The third-order valence-corrected chi connectivity index (χ3v) is 3.11. The highest BCUT2D eigenvalue weighted by molar-refractivity contribution is 5.45. The molecule has 19 heavy (non-hydrogen) atoms. The fraction of sp³-hybridized carbons (Fsp3) is 0.333. The molecule has 1 aromatic carbocycles. The van der Waals surface area contributed by atoms with Crippen molar-refractivity contribution in [3.63, 3.8) is 0 Å². The fourth-order valence-corrected chi connectivity index (χ4v) is 2.05. The highest BCUT2D eigenvalue weighted by atomic mass is 16.6. The summed E-state index contributed by atoms with van der Waals surface area (Å²) in [6, 6.07) is 4.93. The molecule has 1 aliphatic rings. The predicted molar refractivity (Wildman–Crippen MR) is 74.4 cm³/mol. The van der Waals surface area contributed by atoms with E-state index in [1.54, 1.807) is 12.1 Å². The van der Waals surface area contributed by atoms with Crippen molar-refractivity contribution in [2.75, 3.05) is 6.61 Å². The highest BCUT2D eigenvalue weighted by Crippen LogP contribution is 2.25. The first-order valence-electron chi connectivity index (χ1n) is 6.46. The molecule has 1 aliphatic carbocycles. The van der Waals surface area contributed by atoms with E-state index >= 15 is 0 Å². The van der Waals surface area contributed by atoms with Gasteiger partial charge in [-0.3, -0.25) is 10.1 Å². The predicted octanol–water partition coefficient (Wildman–Crippen LogP) is 3.81. The largest absolute Gasteiger partial charge is 0.489 e. The minimum Gasteiger partial charge on any atom is -0.489 e. The van der Waals surface area contributed by atoms with Gasteiger partial charge in [-0.25, -0.2) is 0 Å². The summed E-state index contributed by atoms with van der Waals surface area (Å²) in [4.78, 5) is 10.5. The second-order valence-corrected chi connectivity index (χ2v) is 4.45. The SMILES string of the molecule is CCc1cc(OCC2=CCCC=C2)ccc1[N+](=O)[O-]. The molecule has 0 saturated heterocycles. The Morgan fingerprint density at radius 1 is 1.37 bits per heavy atom. The minimum absolute atomic E-state index is 0.159. The molecule has 4 nitrogen and oxygen atoms in total. The van der Waals surface area contributed by atoms with Crippen molar-refractivity contribution >= 4 is 5.69 Å². The highest BCUT2D eigenvalue weighted by Gasteiger charge is 2.13. The van der Waals surface area contributed by atoms with Crippen LogP contribution in [0.5, 0.6) is 5.75 Å². The average molecular weight is 259 g/mol. The number of allylic oxidation sites excluding steroid dienone is 2. The summed E-state index contributed by atoms with van der Waals surface area (Å²) in [6.45, 7) is 2.41. The molecule has 0 heterocycles. The number of benzene rings is 1. The van der Waals surface area contributed by atoms with Crippen LogP contribution in [-0.2, 0) is 6.42 Å². The van der Waals surface area contributed by atoms with Crippen LogP contribution in [0.2, 0.25) is 0 Å². The summed E-state index contributed by atoms with van der Waals surface area (Å²) in [5.41, 5.74) is 2.02. The second kappa shape index (κ2) is 6.18. The van der Waals surface area contributed by atoms with Crippen molar-refractivity contribution in [3.05, 3.63) is 57.7 Å². The molecule has 4 heteroatoms. The zero-order valence-corrected chi connectivity index (χ0v) is 11.0. The van der Waals surface area contributed by atoms with Gasteiger partial charge in [0.05, 0.1) is 4.92 Å². The van der Waals surface area contributed by atoms with Gasteiger partial charge in [0.1, 0.15) is 12.4 Å². The standard InChI is InChI=1S/C15H17NO3/c1-2-13-10-14(8-9-15(13)16(17)18)19-11-12-6-4-3-5-7-12/h4,6-10H,2-3,5,11H2,1H3. The molecule has 0 spiro atoms. The molecule has 0 atom stereocenters. The Balaban J connectivity index is 2.07. The van der Waals surface area contributed by atoms with Gasteiger partial charge in [-0.15, -0.1) is 0 Å². The van der Waals surface area contributed by atoms with Crippen molar-refractivity contribution < 1.29 is 9.66 Å². The summed E-state index contributed by atoms with van der Waals surface area (Å²) in [7, 11) is 0. The van der Waals surface area contributed by atoms with Gasteiger partial charge in [0.2, 0.25) is 0 Å². The van der Waals surface area contributed by atoms with E-state index in [-0.39, 0.29) is 10.6 Å². The van der Waals surface area contributed by atoms with Crippen molar-refractivity contribution in [2.24, 2.45) is 0 Å². The molecule has 0 amide bonds. The quantitative estimate of drug-likeness (QED) is 0.596. The molecule has 0 bridgehead atoms. The number of ether oxygens (including phenoxy) is 1. The molecule has 1 aromatic rings. The molecule has 0 aromatic heterocycles. The number of rotatable bonds is 5. The van der Waals surface area contributed by atoms with E-state index in [1.807, 2.05) is 6.92 Å². The molecule has 2 rings (SSSR count). The van der Waals surface area contributed by atoms with Gasteiger partial charge in [-0.2, -0.15) is 0 Å². The Kier molecular flexibility index (Phi) is 4.34. The third-order valence-electron chi connectivity index (χ3n) is 3.11. The van der Waals surface area contributed by atoms with E-state index < -0.39 is 0 Å². The monoisotopic (exact) mass is 259 g/mol. The van der Waals surface area contributed by atoms with E-state index in [1.165, 1.54) is 6.07 Å². The Morgan fingerprint density at radius 3 is 2.84 bits per heavy atom. The maximum absolute atomic E-state index is 10.8. The first-order valence-corrected chi connectivity index (χ1v) is 6.46. The molecular formula is C15H17NO3. The molecule has 0 aliphatic heterocycles. The van der Waals surface area contributed by atoms with Crippen molar-refractivity contribution in [3.8, 4) is 5.75 Å². The lowest BCUT2D eigenvalue weighted by Gasteiger charge is -2.10. The molecule has 0 N–H and O–H groups in total. The lowest BCUT2D eigenvalue weighted by atomic mass is 10.1. The molecule has 0 fully saturated rings. The Bertz CT molecular complexity index is 532. The van der Waals surface area contributed by atoms with Crippen molar-refractivity contribution in [1.29, 1.82) is 0 Å². The summed E-state index contributed by atoms with van der Waals surface area (Å²) in [5, 5.41) is 10.8. The summed E-state index contributed by atoms with van der Waals surface area (Å²) in [5.74, 6) is 0.683. The van der Waals surface area contributed by atoms with Gasteiger partial charge in [-0.05, 0) is 37.0 Å². The smallest absolute Gasteiger partial charge is 0.272 e. The number of nitro groups is 1. The Morgan fingerprint density at radius 2 is 2.21 bits per heavy atom. The number of aryl methyl sites for hydroxylation is 1. The molecule has 0 radical (unpaired) electrons. The van der Waals surface area contributed by atoms with Gasteiger partial charge in [0, 0.05) is 11.6 Å². The van der Waals surface area contributed by atoms with Crippen LogP contribution in [0.1, 0.15) is 25.3 Å². The van der Waals surface area contributed by atoms with Crippen LogP contribution in [0.3, 0.4) is 0 Å². The number of hydrogen-bond donors (Lipinski definition) is 0. The van der Waals surface area contributed by atoms with Crippen LogP contribution in [0.25, 0.3) is 0 Å². The zero-order chi connectivity index (χ0) is 13.7. The first-order chi connectivity index (χ1) is 9.20. The minimum atomic E-state index is -0.352. The van der Waals surface area contributed by atoms with Crippen LogP contribution < -0.4 is 4.74 Å². The van der Waals surface area contributed by atoms with Gasteiger partial charge < -0.3 is 4.74 Å². The Hall–Kier alpha value is -2.10. The fourth-order valence-electron chi connectivity index (χ4n) is 2.05. The first kappa shape index (κ1) is 13.3. The summed E-state index contributed by atoms with van der Waals surface area (Å²) in [6.07, 6.45) is 9.11. The molecular weight excluding hydrogens is 242 g/mol. The van der Waals surface area contributed by atoms with Gasteiger partial charge in [0.15, 0.2) is 0 Å².